The van der Waals surface area contributed by atoms with E-state index in [1.165, 1.54) is 33.4 Å². The predicted octanol–water partition coefficient (Wildman–Crippen LogP) is 14.4. The summed E-state index contributed by atoms with van der Waals surface area (Å²) in [5.74, 6) is 17.6. The van der Waals surface area contributed by atoms with Crippen molar-refractivity contribution in [1.82, 2.24) is 0 Å². The number of benzene rings is 6. The van der Waals surface area contributed by atoms with Crippen LogP contribution in [-0.2, 0) is 0 Å². The second kappa shape index (κ2) is 17.1. The molecular weight excluding hydrogens is 681 g/mol. The lowest BCUT2D eigenvalue weighted by Crippen LogP contribution is -2.03. The topological polar surface area (TPSA) is 18.5 Å². The van der Waals surface area contributed by atoms with Crippen LogP contribution in [0.15, 0.2) is 84.9 Å². The van der Waals surface area contributed by atoms with Gasteiger partial charge in [0.1, 0.15) is 11.5 Å². The Morgan fingerprint density at radius 1 is 0.446 bits per heavy atom. The van der Waals surface area contributed by atoms with Crippen LogP contribution >= 0.6 is 0 Å². The van der Waals surface area contributed by atoms with E-state index in [1.807, 2.05) is 13.8 Å². The van der Waals surface area contributed by atoms with Crippen molar-refractivity contribution < 1.29 is 9.47 Å². The summed E-state index contributed by atoms with van der Waals surface area (Å²) in [4.78, 5) is 0. The first kappa shape index (κ1) is 40.2. The van der Waals surface area contributed by atoms with Crippen LogP contribution < -0.4 is 9.47 Å². The minimum absolute atomic E-state index is 0.404. The van der Waals surface area contributed by atoms with Crippen LogP contribution in [0, 0.1) is 37.5 Å². The molecule has 0 radical (unpaired) electrons. The van der Waals surface area contributed by atoms with Crippen LogP contribution in [0.2, 0.25) is 0 Å². The third-order valence-electron chi connectivity index (χ3n) is 11.0. The summed E-state index contributed by atoms with van der Waals surface area (Å²) in [6.45, 7) is 27.7. The number of rotatable bonds is 9. The SMILES string of the molecule is CCOc1c(C#Cc2cc(C(C)C)c(C)c(C(C)C)c2)cc2ccccc2c1-c1c(OCC)c(C#Cc2cc(C(C)C)c(C)c(C(C)C)c2)cc2ccccc12. The molecule has 0 aliphatic rings. The maximum absolute atomic E-state index is 6.70. The Labute approximate surface area is 336 Å². The standard InChI is InChI=1S/C54H58O2/c1-13-55-53-43(25-23-39-27-47(33(3)4)37(11)48(28-39)34(5)6)31-41-19-15-17-21-45(41)51(53)52-46-22-18-16-20-42(46)32-44(54(52)56-14-2)26-24-40-29-49(35(7)8)38(12)50(30-40)36(9)10/h15-22,27-36H,13-14H2,1-12H3. The molecule has 6 aromatic carbocycles. The molecule has 0 saturated heterocycles. The van der Waals surface area contributed by atoms with Gasteiger partial charge in [-0.3, -0.25) is 0 Å². The van der Waals surface area contributed by atoms with Crippen molar-refractivity contribution in [2.24, 2.45) is 0 Å². The van der Waals surface area contributed by atoms with Crippen LogP contribution in [0.25, 0.3) is 32.7 Å². The number of ether oxygens (including phenoxy) is 2. The lowest BCUT2D eigenvalue weighted by Gasteiger charge is -2.21. The van der Waals surface area contributed by atoms with Gasteiger partial charge in [0.25, 0.3) is 0 Å². The Bertz CT molecular complexity index is 2300. The summed E-state index contributed by atoms with van der Waals surface area (Å²) in [6, 6.07) is 30.5. The smallest absolute Gasteiger partial charge is 0.143 e. The highest BCUT2D eigenvalue weighted by atomic mass is 16.5. The monoisotopic (exact) mass is 738 g/mol. The quantitative estimate of drug-likeness (QED) is 0.138. The van der Waals surface area contributed by atoms with Gasteiger partial charge in [-0.15, -0.1) is 0 Å². The Balaban J connectivity index is 1.67. The summed E-state index contributed by atoms with van der Waals surface area (Å²) >= 11 is 0. The van der Waals surface area contributed by atoms with Gasteiger partial charge in [0.05, 0.1) is 24.3 Å². The molecule has 0 aromatic heterocycles. The van der Waals surface area contributed by atoms with Crippen LogP contribution in [-0.4, -0.2) is 13.2 Å². The number of hydrogen-bond acceptors (Lipinski definition) is 2. The summed E-state index contributed by atoms with van der Waals surface area (Å²) in [6.07, 6.45) is 0. The van der Waals surface area contributed by atoms with Gasteiger partial charge in [-0.05, 0) is 143 Å². The van der Waals surface area contributed by atoms with E-state index in [1.54, 1.807) is 0 Å². The molecule has 0 N–H and O–H groups in total. The van der Waals surface area contributed by atoms with Gasteiger partial charge in [-0.1, -0.05) is 128 Å². The molecule has 0 atom stereocenters. The molecule has 0 fully saturated rings. The molecule has 0 unspecified atom stereocenters. The lowest BCUT2D eigenvalue weighted by atomic mass is 9.87. The van der Waals surface area contributed by atoms with Crippen molar-refractivity contribution in [3.05, 3.63) is 141 Å². The predicted molar refractivity (Wildman–Crippen MR) is 240 cm³/mol. The average molecular weight is 739 g/mol. The average Bonchev–Trinajstić information content (AvgIpc) is 3.17. The molecule has 0 bridgehead atoms. The second-order valence-corrected chi connectivity index (χ2v) is 16.2. The third-order valence-corrected chi connectivity index (χ3v) is 11.0. The summed E-state index contributed by atoms with van der Waals surface area (Å²) in [5.41, 5.74) is 13.8. The van der Waals surface area contributed by atoms with Gasteiger partial charge >= 0.3 is 0 Å². The molecule has 6 aromatic rings. The van der Waals surface area contributed by atoms with E-state index in [4.69, 9.17) is 9.47 Å². The first-order chi connectivity index (χ1) is 26.8. The minimum atomic E-state index is 0.404. The molecule has 2 heteroatoms. The first-order valence-corrected chi connectivity index (χ1v) is 20.5. The molecule has 0 aliphatic carbocycles. The minimum Gasteiger partial charge on any atom is -0.492 e. The fraction of sp³-hybridized carbons (Fsp3) is 0.333. The highest BCUT2D eigenvalue weighted by Crippen LogP contribution is 2.48. The van der Waals surface area contributed by atoms with E-state index in [0.717, 1.165) is 66.4 Å². The molecular formula is C54H58O2. The van der Waals surface area contributed by atoms with E-state index in [2.05, 4.69) is 178 Å². The fourth-order valence-electron chi connectivity index (χ4n) is 8.27. The maximum Gasteiger partial charge on any atom is 0.143 e. The molecule has 0 amide bonds. The zero-order valence-electron chi connectivity index (χ0n) is 35.6. The number of fused-ring (bicyclic) bond motifs is 2. The van der Waals surface area contributed by atoms with E-state index in [9.17, 15) is 0 Å². The van der Waals surface area contributed by atoms with Crippen LogP contribution in [0.1, 0.15) is 149 Å². The molecule has 6 rings (SSSR count). The van der Waals surface area contributed by atoms with Crippen LogP contribution in [0.3, 0.4) is 0 Å². The molecule has 56 heavy (non-hydrogen) atoms. The molecule has 0 spiro atoms. The van der Waals surface area contributed by atoms with Gasteiger partial charge < -0.3 is 9.47 Å². The summed E-state index contributed by atoms with van der Waals surface area (Å²) in [7, 11) is 0. The Hall–Kier alpha value is -5.44. The van der Waals surface area contributed by atoms with Gasteiger partial charge in [0, 0.05) is 22.3 Å². The van der Waals surface area contributed by atoms with Gasteiger partial charge in [-0.25, -0.2) is 0 Å². The van der Waals surface area contributed by atoms with E-state index < -0.39 is 0 Å². The van der Waals surface area contributed by atoms with Crippen molar-refractivity contribution in [3.63, 3.8) is 0 Å². The molecule has 2 nitrogen and oxygen atoms in total. The van der Waals surface area contributed by atoms with Gasteiger partial charge in [0.15, 0.2) is 0 Å². The van der Waals surface area contributed by atoms with Crippen molar-refractivity contribution >= 4 is 21.5 Å². The zero-order valence-corrected chi connectivity index (χ0v) is 35.6. The lowest BCUT2D eigenvalue weighted by molar-refractivity contribution is 0.336. The normalized spacial score (nSPS) is 11.4. The molecule has 0 saturated carbocycles. The van der Waals surface area contributed by atoms with Crippen molar-refractivity contribution in [3.8, 4) is 46.3 Å². The van der Waals surface area contributed by atoms with Crippen molar-refractivity contribution in [2.45, 2.75) is 107 Å². The highest BCUT2D eigenvalue weighted by Gasteiger charge is 2.24. The van der Waals surface area contributed by atoms with Gasteiger partial charge in [-0.2, -0.15) is 0 Å². The molecule has 286 valence electrons. The Morgan fingerprint density at radius 3 is 1.07 bits per heavy atom. The molecule has 0 heterocycles. The summed E-state index contributed by atoms with van der Waals surface area (Å²) in [5, 5.41) is 4.35. The summed E-state index contributed by atoms with van der Waals surface area (Å²) < 4.78 is 13.4. The van der Waals surface area contributed by atoms with Gasteiger partial charge in [0.2, 0.25) is 0 Å². The van der Waals surface area contributed by atoms with E-state index in [0.29, 0.717) is 36.9 Å². The van der Waals surface area contributed by atoms with Crippen LogP contribution in [0.5, 0.6) is 11.5 Å². The van der Waals surface area contributed by atoms with Crippen molar-refractivity contribution in [1.29, 1.82) is 0 Å². The number of hydrogen-bond donors (Lipinski definition) is 0. The largest absolute Gasteiger partial charge is 0.492 e. The highest BCUT2D eigenvalue weighted by molar-refractivity contribution is 6.11. The fourth-order valence-corrected chi connectivity index (χ4v) is 8.27. The second-order valence-electron chi connectivity index (χ2n) is 16.2. The van der Waals surface area contributed by atoms with E-state index in [-0.39, 0.29) is 0 Å². The zero-order chi connectivity index (χ0) is 40.3. The Kier molecular flexibility index (Phi) is 12.3. The van der Waals surface area contributed by atoms with Crippen molar-refractivity contribution in [2.75, 3.05) is 13.2 Å². The Morgan fingerprint density at radius 2 is 0.768 bits per heavy atom. The third kappa shape index (κ3) is 8.08. The molecule has 0 aliphatic heterocycles. The van der Waals surface area contributed by atoms with E-state index >= 15 is 0 Å². The first-order valence-electron chi connectivity index (χ1n) is 20.5. The maximum atomic E-state index is 6.70. The van der Waals surface area contributed by atoms with Crippen LogP contribution in [0.4, 0.5) is 0 Å².